The molecule has 1 atom stereocenters. The Morgan fingerprint density at radius 2 is 2.12 bits per heavy atom. The Bertz CT molecular complexity index is 363. The van der Waals surface area contributed by atoms with E-state index in [-0.39, 0.29) is 5.82 Å². The van der Waals surface area contributed by atoms with Gasteiger partial charge < -0.3 is 10.4 Å². The molecule has 0 heterocycles. The quantitative estimate of drug-likeness (QED) is 0.747. The van der Waals surface area contributed by atoms with E-state index in [1.165, 1.54) is 6.07 Å². The summed E-state index contributed by atoms with van der Waals surface area (Å²) in [6, 6.07) is 4.87. The molecule has 0 aliphatic carbocycles. The van der Waals surface area contributed by atoms with Gasteiger partial charge >= 0.3 is 0 Å². The molecule has 0 spiro atoms. The van der Waals surface area contributed by atoms with Crippen molar-refractivity contribution in [3.8, 4) is 0 Å². The molecule has 0 saturated carbocycles. The molecule has 3 heteroatoms. The Morgan fingerprint density at radius 1 is 1.41 bits per heavy atom. The summed E-state index contributed by atoms with van der Waals surface area (Å²) in [5.74, 6) is -0.187. The fraction of sp³-hybridized carbons (Fsp3) is 0.571. The van der Waals surface area contributed by atoms with Gasteiger partial charge in [0.15, 0.2) is 0 Å². The van der Waals surface area contributed by atoms with E-state index in [0.29, 0.717) is 6.54 Å². The Hall–Kier alpha value is -0.930. The summed E-state index contributed by atoms with van der Waals surface area (Å²) >= 11 is 0. The number of benzene rings is 1. The van der Waals surface area contributed by atoms with Crippen LogP contribution < -0.4 is 5.32 Å². The Morgan fingerprint density at radius 3 is 2.71 bits per heavy atom. The minimum Gasteiger partial charge on any atom is -0.389 e. The van der Waals surface area contributed by atoms with Gasteiger partial charge in [0.25, 0.3) is 0 Å². The van der Waals surface area contributed by atoms with Crippen molar-refractivity contribution in [1.29, 1.82) is 0 Å². The van der Waals surface area contributed by atoms with Crippen LogP contribution in [0.5, 0.6) is 0 Å². The third-order valence-electron chi connectivity index (χ3n) is 3.14. The van der Waals surface area contributed by atoms with E-state index in [1.807, 2.05) is 26.8 Å². The smallest absolute Gasteiger partial charge is 0.123 e. The molecule has 17 heavy (non-hydrogen) atoms. The highest BCUT2D eigenvalue weighted by Crippen LogP contribution is 2.10. The van der Waals surface area contributed by atoms with E-state index in [2.05, 4.69) is 5.32 Å². The third kappa shape index (κ3) is 4.84. The van der Waals surface area contributed by atoms with Crippen LogP contribution in [0.15, 0.2) is 18.2 Å². The first-order valence-corrected chi connectivity index (χ1v) is 6.13. The van der Waals surface area contributed by atoms with E-state index in [4.69, 9.17) is 0 Å². The number of aryl methyl sites for hydroxylation is 1. The summed E-state index contributed by atoms with van der Waals surface area (Å²) in [5.41, 5.74) is 1.49. The zero-order chi connectivity index (χ0) is 12.9. The fourth-order valence-electron chi connectivity index (χ4n) is 1.65. The molecular weight excluding hydrogens is 217 g/mol. The molecule has 1 rings (SSSR count). The van der Waals surface area contributed by atoms with E-state index >= 15 is 0 Å². The Kier molecular flexibility index (Phi) is 5.09. The van der Waals surface area contributed by atoms with E-state index < -0.39 is 5.60 Å². The van der Waals surface area contributed by atoms with Crippen LogP contribution in [-0.4, -0.2) is 23.8 Å². The maximum Gasteiger partial charge on any atom is 0.123 e. The van der Waals surface area contributed by atoms with Gasteiger partial charge in [-0.3, -0.25) is 0 Å². The van der Waals surface area contributed by atoms with Gasteiger partial charge in [0.2, 0.25) is 0 Å². The molecule has 96 valence electrons. The number of rotatable bonds is 6. The molecule has 0 aliphatic rings. The molecule has 1 aromatic carbocycles. The number of halogens is 1. The van der Waals surface area contributed by atoms with E-state index in [0.717, 1.165) is 30.5 Å². The van der Waals surface area contributed by atoms with Crippen molar-refractivity contribution in [1.82, 2.24) is 5.32 Å². The normalized spacial score (nSPS) is 14.6. The van der Waals surface area contributed by atoms with Crippen molar-refractivity contribution in [3.63, 3.8) is 0 Å². The van der Waals surface area contributed by atoms with Crippen molar-refractivity contribution in [2.24, 2.45) is 0 Å². The number of hydrogen-bond donors (Lipinski definition) is 2. The molecule has 2 nitrogen and oxygen atoms in total. The molecule has 0 fully saturated rings. The highest BCUT2D eigenvalue weighted by Gasteiger charge is 2.15. The van der Waals surface area contributed by atoms with Gasteiger partial charge in [-0.2, -0.15) is 0 Å². The summed E-state index contributed by atoms with van der Waals surface area (Å²) in [7, 11) is 0. The van der Waals surface area contributed by atoms with Gasteiger partial charge in [0.1, 0.15) is 5.82 Å². The van der Waals surface area contributed by atoms with Gasteiger partial charge in [0.05, 0.1) is 5.60 Å². The number of hydrogen-bond acceptors (Lipinski definition) is 2. The lowest BCUT2D eigenvalue weighted by atomic mass is 10.0. The van der Waals surface area contributed by atoms with Crippen molar-refractivity contribution >= 4 is 0 Å². The zero-order valence-electron chi connectivity index (χ0n) is 10.9. The maximum absolute atomic E-state index is 12.9. The lowest BCUT2D eigenvalue weighted by Gasteiger charge is -2.21. The van der Waals surface area contributed by atoms with E-state index in [9.17, 15) is 9.50 Å². The topological polar surface area (TPSA) is 32.3 Å². The van der Waals surface area contributed by atoms with Crippen molar-refractivity contribution in [3.05, 3.63) is 35.1 Å². The largest absolute Gasteiger partial charge is 0.389 e. The standard InChI is InChI=1S/C14H22FNO/c1-4-14(3,17)10-16-8-7-12-5-6-13(15)9-11(12)2/h5-6,9,16-17H,4,7-8,10H2,1-3H3. The van der Waals surface area contributed by atoms with Crippen LogP contribution in [0, 0.1) is 12.7 Å². The summed E-state index contributed by atoms with van der Waals surface area (Å²) in [4.78, 5) is 0. The second-order valence-corrected chi connectivity index (χ2v) is 4.85. The molecule has 0 bridgehead atoms. The molecular formula is C14H22FNO. The van der Waals surface area contributed by atoms with Gasteiger partial charge in [-0.15, -0.1) is 0 Å². The molecule has 0 aromatic heterocycles. The monoisotopic (exact) mass is 239 g/mol. The minimum atomic E-state index is -0.641. The number of aliphatic hydroxyl groups is 1. The van der Waals surface area contributed by atoms with Crippen LogP contribution in [0.1, 0.15) is 31.4 Å². The van der Waals surface area contributed by atoms with Gasteiger partial charge in [-0.25, -0.2) is 4.39 Å². The average Bonchev–Trinajstić information content (AvgIpc) is 2.27. The van der Waals surface area contributed by atoms with Crippen molar-refractivity contribution in [2.75, 3.05) is 13.1 Å². The highest BCUT2D eigenvalue weighted by atomic mass is 19.1. The lowest BCUT2D eigenvalue weighted by molar-refractivity contribution is 0.0561. The van der Waals surface area contributed by atoms with Crippen LogP contribution in [-0.2, 0) is 6.42 Å². The molecule has 1 unspecified atom stereocenters. The second-order valence-electron chi connectivity index (χ2n) is 4.85. The predicted molar refractivity (Wildman–Crippen MR) is 68.6 cm³/mol. The van der Waals surface area contributed by atoms with Gasteiger partial charge in [-0.1, -0.05) is 13.0 Å². The van der Waals surface area contributed by atoms with Crippen LogP contribution in [0.4, 0.5) is 4.39 Å². The molecule has 0 saturated heterocycles. The molecule has 2 N–H and O–H groups in total. The van der Waals surface area contributed by atoms with Crippen LogP contribution >= 0.6 is 0 Å². The lowest BCUT2D eigenvalue weighted by Crippen LogP contribution is -2.37. The second kappa shape index (κ2) is 6.12. The summed E-state index contributed by atoms with van der Waals surface area (Å²) in [5, 5.41) is 13.0. The summed E-state index contributed by atoms with van der Waals surface area (Å²) in [6.07, 6.45) is 1.58. The molecule has 1 aromatic rings. The van der Waals surface area contributed by atoms with Crippen LogP contribution in [0.25, 0.3) is 0 Å². The first kappa shape index (κ1) is 14.1. The molecule has 0 radical (unpaired) electrons. The summed E-state index contributed by atoms with van der Waals surface area (Å²) in [6.45, 7) is 7.09. The Labute approximate surface area is 103 Å². The highest BCUT2D eigenvalue weighted by molar-refractivity contribution is 5.26. The maximum atomic E-state index is 12.9. The average molecular weight is 239 g/mol. The first-order chi connectivity index (χ1) is 7.94. The predicted octanol–water partition coefficient (Wildman–Crippen LogP) is 2.43. The van der Waals surface area contributed by atoms with Gasteiger partial charge in [-0.05, 0) is 56.5 Å². The Balaban J connectivity index is 2.36. The SMILES string of the molecule is CCC(C)(O)CNCCc1ccc(F)cc1C. The minimum absolute atomic E-state index is 0.187. The fourth-order valence-corrected chi connectivity index (χ4v) is 1.65. The van der Waals surface area contributed by atoms with Crippen molar-refractivity contribution in [2.45, 2.75) is 39.2 Å². The van der Waals surface area contributed by atoms with Crippen LogP contribution in [0.2, 0.25) is 0 Å². The molecule has 0 aliphatic heterocycles. The number of nitrogens with one attached hydrogen (secondary N) is 1. The first-order valence-electron chi connectivity index (χ1n) is 6.13. The molecule has 0 amide bonds. The summed E-state index contributed by atoms with van der Waals surface area (Å²) < 4.78 is 12.9. The van der Waals surface area contributed by atoms with Crippen LogP contribution in [0.3, 0.4) is 0 Å². The third-order valence-corrected chi connectivity index (χ3v) is 3.14. The zero-order valence-corrected chi connectivity index (χ0v) is 10.9. The van der Waals surface area contributed by atoms with Gasteiger partial charge in [0, 0.05) is 6.54 Å². The van der Waals surface area contributed by atoms with E-state index in [1.54, 1.807) is 6.07 Å². The van der Waals surface area contributed by atoms with Crippen molar-refractivity contribution < 1.29 is 9.50 Å².